The molecule has 0 heterocycles. The number of amides is 1. The van der Waals surface area contributed by atoms with Gasteiger partial charge in [-0.25, -0.2) is 0 Å². The highest BCUT2D eigenvalue weighted by Crippen LogP contribution is 2.17. The smallest absolute Gasteiger partial charge is 0.253 e. The Morgan fingerprint density at radius 2 is 1.66 bits per heavy atom. The van der Waals surface area contributed by atoms with Crippen molar-refractivity contribution in [2.24, 2.45) is 0 Å². The molecule has 0 aliphatic rings. The second-order valence-corrected chi connectivity index (χ2v) is 6.56. The predicted molar refractivity (Wildman–Crippen MR) is 114 cm³/mol. The van der Waals surface area contributed by atoms with E-state index in [-0.39, 0.29) is 5.91 Å². The number of carbonyl (C=O) groups excluding carboxylic acids is 1. The minimum absolute atomic E-state index is 0.110. The van der Waals surface area contributed by atoms with Crippen LogP contribution in [0.1, 0.15) is 27.0 Å². The van der Waals surface area contributed by atoms with Gasteiger partial charge in [0.1, 0.15) is 5.75 Å². The molecule has 0 atom stereocenters. The number of nitrogens with one attached hydrogen (secondary N) is 2. The third-order valence-electron chi connectivity index (χ3n) is 4.60. The topological polar surface area (TPSA) is 74.2 Å². The molecule has 1 amide bonds. The largest absolute Gasteiger partial charge is 0.497 e. The zero-order valence-electron chi connectivity index (χ0n) is 16.3. The van der Waals surface area contributed by atoms with Crippen LogP contribution < -0.4 is 15.4 Å². The number of nitrogens with zero attached hydrogens (tertiary/aromatic N) is 1. The number of para-hydroxylation sites is 1. The molecule has 3 aromatic rings. The molecule has 0 aliphatic carbocycles. The number of carbonyl (C=O) groups is 1. The van der Waals surface area contributed by atoms with Crippen molar-refractivity contribution in [2.45, 2.75) is 13.0 Å². The molecule has 5 heteroatoms. The van der Waals surface area contributed by atoms with E-state index in [2.05, 4.69) is 16.7 Å². The molecule has 0 unspecified atom stereocenters. The molecule has 0 bridgehead atoms. The summed E-state index contributed by atoms with van der Waals surface area (Å²) in [7, 11) is 1.64. The number of benzene rings is 3. The van der Waals surface area contributed by atoms with Crippen molar-refractivity contribution in [2.75, 3.05) is 19.0 Å². The van der Waals surface area contributed by atoms with Gasteiger partial charge in [-0.05, 0) is 53.9 Å². The van der Waals surface area contributed by atoms with Gasteiger partial charge in [-0.3, -0.25) is 4.79 Å². The Balaban J connectivity index is 1.56. The molecule has 2 N–H and O–H groups in total. The zero-order valence-corrected chi connectivity index (χ0v) is 16.3. The van der Waals surface area contributed by atoms with E-state index in [1.807, 2.05) is 60.7 Å². The van der Waals surface area contributed by atoms with Crippen LogP contribution in [-0.2, 0) is 13.0 Å². The first-order valence-corrected chi connectivity index (χ1v) is 9.42. The summed E-state index contributed by atoms with van der Waals surface area (Å²) in [5.74, 6) is 0.710. The number of hydrogen-bond acceptors (Lipinski definition) is 4. The van der Waals surface area contributed by atoms with Crippen molar-refractivity contribution in [3.05, 3.63) is 95.1 Å². The average molecular weight is 385 g/mol. The first-order chi connectivity index (χ1) is 14.2. The third kappa shape index (κ3) is 5.60. The maximum atomic E-state index is 12.6. The fraction of sp³-hybridized carbons (Fsp3) is 0.167. The highest BCUT2D eigenvalue weighted by Gasteiger charge is 2.10. The Morgan fingerprint density at radius 1 is 0.966 bits per heavy atom. The van der Waals surface area contributed by atoms with E-state index >= 15 is 0 Å². The lowest BCUT2D eigenvalue weighted by atomic mass is 10.1. The lowest BCUT2D eigenvalue weighted by Gasteiger charge is -2.12. The fourth-order valence-corrected chi connectivity index (χ4v) is 2.94. The molecular weight excluding hydrogens is 362 g/mol. The fourth-order valence-electron chi connectivity index (χ4n) is 2.94. The van der Waals surface area contributed by atoms with Crippen molar-refractivity contribution >= 4 is 11.6 Å². The normalized spacial score (nSPS) is 10.1. The van der Waals surface area contributed by atoms with Crippen LogP contribution in [0.25, 0.3) is 0 Å². The number of methoxy groups -OCH3 is 1. The SMILES string of the molecule is COc1ccc(CCNC(=O)c2ccccc2NCc2ccc(C#N)cc2)cc1. The molecule has 0 saturated carbocycles. The van der Waals surface area contributed by atoms with Gasteiger partial charge in [0.25, 0.3) is 5.91 Å². The van der Waals surface area contributed by atoms with Crippen LogP contribution in [0.3, 0.4) is 0 Å². The van der Waals surface area contributed by atoms with Crippen molar-refractivity contribution in [3.8, 4) is 11.8 Å². The summed E-state index contributed by atoms with van der Waals surface area (Å²) in [4.78, 5) is 12.6. The molecule has 29 heavy (non-hydrogen) atoms. The van der Waals surface area contributed by atoms with E-state index in [1.54, 1.807) is 19.2 Å². The van der Waals surface area contributed by atoms with Crippen LogP contribution in [0.5, 0.6) is 5.75 Å². The highest BCUT2D eigenvalue weighted by atomic mass is 16.5. The summed E-state index contributed by atoms with van der Waals surface area (Å²) in [5.41, 5.74) is 4.19. The van der Waals surface area contributed by atoms with E-state index in [4.69, 9.17) is 10.00 Å². The van der Waals surface area contributed by atoms with Gasteiger partial charge in [-0.15, -0.1) is 0 Å². The third-order valence-corrected chi connectivity index (χ3v) is 4.60. The summed E-state index contributed by atoms with van der Waals surface area (Å²) in [6.45, 7) is 1.12. The van der Waals surface area contributed by atoms with Crippen molar-refractivity contribution in [3.63, 3.8) is 0 Å². The molecule has 0 spiro atoms. The number of hydrogen-bond donors (Lipinski definition) is 2. The molecule has 5 nitrogen and oxygen atoms in total. The van der Waals surface area contributed by atoms with E-state index < -0.39 is 0 Å². The molecular formula is C24H23N3O2. The van der Waals surface area contributed by atoms with Crippen molar-refractivity contribution in [1.82, 2.24) is 5.32 Å². The minimum atomic E-state index is -0.110. The van der Waals surface area contributed by atoms with Crippen LogP contribution in [0, 0.1) is 11.3 Å². The van der Waals surface area contributed by atoms with E-state index in [0.29, 0.717) is 24.2 Å². The molecule has 3 aromatic carbocycles. The van der Waals surface area contributed by atoms with Gasteiger partial charge in [-0.1, -0.05) is 36.4 Å². The molecule has 3 rings (SSSR count). The number of ether oxygens (including phenoxy) is 1. The minimum Gasteiger partial charge on any atom is -0.497 e. The van der Waals surface area contributed by atoms with Gasteiger partial charge in [0.2, 0.25) is 0 Å². The summed E-state index contributed by atoms with van der Waals surface area (Å²) in [6.07, 6.45) is 0.747. The Labute approximate surface area is 171 Å². The lowest BCUT2D eigenvalue weighted by molar-refractivity contribution is 0.0955. The summed E-state index contributed by atoms with van der Waals surface area (Å²) >= 11 is 0. The number of nitriles is 1. The first kappa shape index (κ1) is 20.0. The maximum Gasteiger partial charge on any atom is 0.253 e. The van der Waals surface area contributed by atoms with Gasteiger partial charge in [0, 0.05) is 18.8 Å². The molecule has 0 aromatic heterocycles. The van der Waals surface area contributed by atoms with Crippen LogP contribution in [0.2, 0.25) is 0 Å². The summed E-state index contributed by atoms with van der Waals surface area (Å²) in [6, 6.07) is 24.8. The lowest BCUT2D eigenvalue weighted by Crippen LogP contribution is -2.26. The Morgan fingerprint density at radius 3 is 2.34 bits per heavy atom. The van der Waals surface area contributed by atoms with Crippen LogP contribution in [-0.4, -0.2) is 19.6 Å². The Bertz CT molecular complexity index is 990. The maximum absolute atomic E-state index is 12.6. The molecule has 0 radical (unpaired) electrons. The van der Waals surface area contributed by atoms with Crippen LogP contribution in [0.4, 0.5) is 5.69 Å². The second-order valence-electron chi connectivity index (χ2n) is 6.56. The Kier molecular flexibility index (Phi) is 6.85. The van der Waals surface area contributed by atoms with E-state index in [0.717, 1.165) is 29.0 Å². The summed E-state index contributed by atoms with van der Waals surface area (Å²) in [5, 5.41) is 15.2. The highest BCUT2D eigenvalue weighted by molar-refractivity contribution is 5.99. The quantitative estimate of drug-likeness (QED) is 0.611. The standard InChI is InChI=1S/C24H23N3O2/c1-29-21-12-10-18(11-13-21)14-15-26-24(28)22-4-2-3-5-23(22)27-17-20-8-6-19(16-25)7-9-20/h2-13,27H,14-15,17H2,1H3,(H,26,28). The average Bonchev–Trinajstić information content (AvgIpc) is 2.78. The zero-order chi connectivity index (χ0) is 20.5. The van der Waals surface area contributed by atoms with E-state index in [1.165, 1.54) is 0 Å². The van der Waals surface area contributed by atoms with Gasteiger partial charge < -0.3 is 15.4 Å². The van der Waals surface area contributed by atoms with Crippen molar-refractivity contribution < 1.29 is 9.53 Å². The molecule has 146 valence electrons. The van der Waals surface area contributed by atoms with Gasteiger partial charge in [0.15, 0.2) is 0 Å². The predicted octanol–water partition coefficient (Wildman–Crippen LogP) is 4.15. The molecule has 0 fully saturated rings. The van der Waals surface area contributed by atoms with Gasteiger partial charge in [0.05, 0.1) is 24.3 Å². The number of anilines is 1. The van der Waals surface area contributed by atoms with Gasteiger partial charge in [-0.2, -0.15) is 5.26 Å². The molecule has 0 saturated heterocycles. The molecule has 0 aliphatic heterocycles. The first-order valence-electron chi connectivity index (χ1n) is 9.42. The Hall–Kier alpha value is -3.78. The monoisotopic (exact) mass is 385 g/mol. The second kappa shape index (κ2) is 9.95. The van der Waals surface area contributed by atoms with Gasteiger partial charge >= 0.3 is 0 Å². The summed E-state index contributed by atoms with van der Waals surface area (Å²) < 4.78 is 5.16. The number of rotatable bonds is 8. The van der Waals surface area contributed by atoms with Crippen LogP contribution >= 0.6 is 0 Å². The van der Waals surface area contributed by atoms with Crippen molar-refractivity contribution in [1.29, 1.82) is 5.26 Å². The van der Waals surface area contributed by atoms with Crippen LogP contribution in [0.15, 0.2) is 72.8 Å². The van der Waals surface area contributed by atoms with E-state index in [9.17, 15) is 4.79 Å².